The third kappa shape index (κ3) is 5.56. The van der Waals surface area contributed by atoms with E-state index in [1.165, 1.54) is 50.0 Å². The fourth-order valence-corrected chi connectivity index (χ4v) is 4.84. The van der Waals surface area contributed by atoms with Gasteiger partial charge in [-0.2, -0.15) is 0 Å². The first-order chi connectivity index (χ1) is 13.6. The molecule has 2 aliphatic heterocycles. The summed E-state index contributed by atoms with van der Waals surface area (Å²) in [5.41, 5.74) is 2.62. The molecule has 2 heterocycles. The molecule has 0 aromatic heterocycles. The van der Waals surface area contributed by atoms with Crippen LogP contribution in [-0.4, -0.2) is 66.6 Å². The Labute approximate surface area is 170 Å². The summed E-state index contributed by atoms with van der Waals surface area (Å²) in [6.07, 6.45) is 4.49. The molecule has 0 bridgehead atoms. The summed E-state index contributed by atoms with van der Waals surface area (Å²) < 4.78 is 0. The number of carbonyl (C=O) groups excluding carboxylic acids is 1. The Hall–Kier alpha value is -1.43. The highest BCUT2D eigenvalue weighted by Crippen LogP contribution is 2.27. The van der Waals surface area contributed by atoms with Crippen molar-refractivity contribution in [3.8, 4) is 0 Å². The summed E-state index contributed by atoms with van der Waals surface area (Å²) in [4.78, 5) is 17.8. The van der Waals surface area contributed by atoms with E-state index in [0.717, 1.165) is 19.5 Å². The molecule has 5 nitrogen and oxygen atoms in total. The number of benzene rings is 1. The highest BCUT2D eigenvalue weighted by atomic mass is 16.2. The lowest BCUT2D eigenvalue weighted by Gasteiger charge is -2.38. The Morgan fingerprint density at radius 2 is 2.00 bits per heavy atom. The van der Waals surface area contributed by atoms with Crippen LogP contribution in [-0.2, 0) is 11.3 Å². The van der Waals surface area contributed by atoms with Gasteiger partial charge in [0, 0.05) is 31.7 Å². The summed E-state index contributed by atoms with van der Waals surface area (Å²) in [6, 6.07) is 9.60. The van der Waals surface area contributed by atoms with Gasteiger partial charge in [0.2, 0.25) is 5.91 Å². The van der Waals surface area contributed by atoms with Crippen LogP contribution in [0.3, 0.4) is 0 Å². The number of likely N-dealkylation sites (tertiary alicyclic amines) is 2. The summed E-state index contributed by atoms with van der Waals surface area (Å²) in [5, 5.41) is 6.79. The summed E-state index contributed by atoms with van der Waals surface area (Å²) in [5.74, 6) is 0.207. The zero-order valence-corrected chi connectivity index (χ0v) is 17.9. The average Bonchev–Trinajstić information content (AvgIpc) is 3.12. The molecule has 0 aliphatic carbocycles. The second kappa shape index (κ2) is 10.4. The molecule has 2 atom stereocenters. The molecule has 0 saturated carbocycles. The number of aryl methyl sites for hydroxylation is 1. The van der Waals surface area contributed by atoms with Crippen LogP contribution in [0.2, 0.25) is 0 Å². The Morgan fingerprint density at radius 3 is 2.68 bits per heavy atom. The standard InChI is InChI=1S/C23H38N4O/c1-4-11-26-12-9-21(10-13-26)27-17-20(15-22(27)23(28)24-5-2)25-16-19-8-6-7-18(3)14-19/h6-8,14,20-22,25H,4-5,9-13,15-17H2,1-3H3,(H,24,28)/t20-,22-/m0/s1. The SMILES string of the molecule is CCCN1CCC(N2C[C@@H](NCc3cccc(C)c3)C[C@H]2C(=O)NCC)CC1. The van der Waals surface area contributed by atoms with E-state index in [1.54, 1.807) is 0 Å². The molecule has 0 unspecified atom stereocenters. The van der Waals surface area contributed by atoms with Gasteiger partial charge >= 0.3 is 0 Å². The topological polar surface area (TPSA) is 47.6 Å². The maximum Gasteiger partial charge on any atom is 0.237 e. The molecule has 2 aliphatic rings. The number of nitrogens with one attached hydrogen (secondary N) is 2. The van der Waals surface area contributed by atoms with E-state index in [4.69, 9.17) is 0 Å². The third-order valence-electron chi connectivity index (χ3n) is 6.24. The molecular formula is C23H38N4O. The highest BCUT2D eigenvalue weighted by molar-refractivity contribution is 5.82. The van der Waals surface area contributed by atoms with Crippen LogP contribution in [0, 0.1) is 6.92 Å². The number of hydrogen-bond acceptors (Lipinski definition) is 4. The quantitative estimate of drug-likeness (QED) is 0.721. The first-order valence-electron chi connectivity index (χ1n) is 11.2. The molecule has 1 amide bonds. The lowest BCUT2D eigenvalue weighted by molar-refractivity contribution is -0.126. The smallest absolute Gasteiger partial charge is 0.237 e. The van der Waals surface area contributed by atoms with E-state index in [2.05, 4.69) is 58.5 Å². The Balaban J connectivity index is 1.60. The molecule has 3 rings (SSSR count). The zero-order valence-electron chi connectivity index (χ0n) is 17.9. The minimum absolute atomic E-state index is 0.0117. The van der Waals surface area contributed by atoms with Gasteiger partial charge in [-0.05, 0) is 64.7 Å². The molecule has 1 aromatic rings. The predicted octanol–water partition coefficient (Wildman–Crippen LogP) is 2.54. The fraction of sp³-hybridized carbons (Fsp3) is 0.696. The van der Waals surface area contributed by atoms with Crippen molar-refractivity contribution in [2.24, 2.45) is 0 Å². The van der Waals surface area contributed by atoms with Crippen LogP contribution in [0.4, 0.5) is 0 Å². The minimum Gasteiger partial charge on any atom is -0.355 e. The summed E-state index contributed by atoms with van der Waals surface area (Å²) >= 11 is 0. The van der Waals surface area contributed by atoms with Crippen molar-refractivity contribution in [3.05, 3.63) is 35.4 Å². The Kier molecular flexibility index (Phi) is 7.89. The van der Waals surface area contributed by atoms with Crippen LogP contribution in [0.25, 0.3) is 0 Å². The lowest BCUT2D eigenvalue weighted by atomic mass is 10.0. The van der Waals surface area contributed by atoms with Gasteiger partial charge in [-0.25, -0.2) is 0 Å². The number of nitrogens with zero attached hydrogens (tertiary/aromatic N) is 2. The second-order valence-electron chi connectivity index (χ2n) is 8.48. The fourth-order valence-electron chi connectivity index (χ4n) is 4.84. The van der Waals surface area contributed by atoms with Crippen LogP contribution < -0.4 is 10.6 Å². The van der Waals surface area contributed by atoms with E-state index in [-0.39, 0.29) is 11.9 Å². The van der Waals surface area contributed by atoms with Crippen LogP contribution in [0.5, 0.6) is 0 Å². The third-order valence-corrected chi connectivity index (χ3v) is 6.24. The van der Waals surface area contributed by atoms with Gasteiger partial charge < -0.3 is 15.5 Å². The maximum absolute atomic E-state index is 12.7. The number of rotatable bonds is 8. The van der Waals surface area contributed by atoms with Crippen molar-refractivity contribution in [2.75, 3.05) is 32.7 Å². The maximum atomic E-state index is 12.7. The van der Waals surface area contributed by atoms with Crippen LogP contribution in [0.1, 0.15) is 50.7 Å². The second-order valence-corrected chi connectivity index (χ2v) is 8.48. The highest BCUT2D eigenvalue weighted by Gasteiger charge is 2.40. The molecule has 156 valence electrons. The monoisotopic (exact) mass is 386 g/mol. The van der Waals surface area contributed by atoms with Crippen molar-refractivity contribution in [3.63, 3.8) is 0 Å². The number of carbonyl (C=O) groups is 1. The van der Waals surface area contributed by atoms with E-state index in [1.807, 2.05) is 6.92 Å². The van der Waals surface area contributed by atoms with E-state index < -0.39 is 0 Å². The van der Waals surface area contributed by atoms with Gasteiger partial charge in [0.1, 0.15) is 0 Å². The van der Waals surface area contributed by atoms with Crippen molar-refractivity contribution < 1.29 is 4.79 Å². The molecule has 0 spiro atoms. The van der Waals surface area contributed by atoms with Gasteiger partial charge in [0.25, 0.3) is 0 Å². The van der Waals surface area contributed by atoms with E-state index in [9.17, 15) is 4.79 Å². The van der Waals surface area contributed by atoms with Crippen molar-refractivity contribution >= 4 is 5.91 Å². The van der Waals surface area contributed by atoms with Gasteiger partial charge in [-0.1, -0.05) is 36.8 Å². The molecule has 1 aromatic carbocycles. The predicted molar refractivity (Wildman–Crippen MR) is 115 cm³/mol. The number of hydrogen-bond donors (Lipinski definition) is 2. The van der Waals surface area contributed by atoms with Gasteiger partial charge in [0.05, 0.1) is 6.04 Å². The molecule has 2 N–H and O–H groups in total. The molecule has 2 fully saturated rings. The molecule has 28 heavy (non-hydrogen) atoms. The lowest BCUT2D eigenvalue weighted by Crippen LogP contribution is -2.51. The summed E-state index contributed by atoms with van der Waals surface area (Å²) in [7, 11) is 0. The number of likely N-dealkylation sites (N-methyl/N-ethyl adjacent to an activating group) is 1. The van der Waals surface area contributed by atoms with Gasteiger partial charge in [0.15, 0.2) is 0 Å². The first-order valence-corrected chi connectivity index (χ1v) is 11.2. The first kappa shape index (κ1) is 21.3. The van der Waals surface area contributed by atoms with Crippen LogP contribution >= 0.6 is 0 Å². The number of amides is 1. The van der Waals surface area contributed by atoms with Crippen molar-refractivity contribution in [2.45, 2.75) is 71.1 Å². The summed E-state index contributed by atoms with van der Waals surface area (Å²) in [6.45, 7) is 12.5. The van der Waals surface area contributed by atoms with Gasteiger partial charge in [-0.3, -0.25) is 9.69 Å². The van der Waals surface area contributed by atoms with E-state index >= 15 is 0 Å². The largest absolute Gasteiger partial charge is 0.355 e. The number of piperidine rings is 1. The normalized spacial score (nSPS) is 24.5. The van der Waals surface area contributed by atoms with Gasteiger partial charge in [-0.15, -0.1) is 0 Å². The van der Waals surface area contributed by atoms with E-state index in [0.29, 0.717) is 18.6 Å². The minimum atomic E-state index is 0.0117. The van der Waals surface area contributed by atoms with Crippen LogP contribution in [0.15, 0.2) is 24.3 Å². The Bertz CT molecular complexity index is 627. The van der Waals surface area contributed by atoms with Crippen molar-refractivity contribution in [1.82, 2.24) is 20.4 Å². The Morgan fingerprint density at radius 1 is 1.21 bits per heavy atom. The molecular weight excluding hydrogens is 348 g/mol. The molecule has 2 saturated heterocycles. The zero-order chi connectivity index (χ0) is 19.9. The van der Waals surface area contributed by atoms with Crippen molar-refractivity contribution in [1.29, 1.82) is 0 Å². The molecule has 0 radical (unpaired) electrons. The molecule has 5 heteroatoms. The average molecular weight is 387 g/mol.